The molecule has 15 heavy (non-hydrogen) atoms. The molecule has 0 spiro atoms. The minimum atomic E-state index is -0.736. The third kappa shape index (κ3) is 2.32. The van der Waals surface area contributed by atoms with E-state index in [1.807, 2.05) is 20.8 Å². The SMILES string of the molecule is CC(C)(C)[N+]1(C(=O)O)CCCCC(N)C1. The summed E-state index contributed by atoms with van der Waals surface area (Å²) in [7, 11) is 0. The third-order valence-electron chi connectivity index (χ3n) is 3.56. The second-order valence-electron chi connectivity index (χ2n) is 5.58. The molecule has 1 aliphatic heterocycles. The average Bonchev–Trinajstić information content (AvgIpc) is 2.26. The summed E-state index contributed by atoms with van der Waals surface area (Å²) in [5, 5.41) is 9.48. The van der Waals surface area contributed by atoms with Crippen molar-refractivity contribution in [2.75, 3.05) is 13.1 Å². The number of amides is 1. The van der Waals surface area contributed by atoms with Crippen molar-refractivity contribution >= 4 is 6.09 Å². The van der Waals surface area contributed by atoms with Crippen LogP contribution in [0.5, 0.6) is 0 Å². The molecule has 88 valence electrons. The van der Waals surface area contributed by atoms with Gasteiger partial charge in [-0.25, -0.2) is 4.48 Å². The van der Waals surface area contributed by atoms with Gasteiger partial charge in [0, 0.05) is 0 Å². The molecule has 1 rings (SSSR count). The largest absolute Gasteiger partial charge is 0.514 e. The number of hydrogen-bond acceptors (Lipinski definition) is 2. The van der Waals surface area contributed by atoms with Crippen LogP contribution in [0.15, 0.2) is 0 Å². The van der Waals surface area contributed by atoms with E-state index in [1.165, 1.54) is 0 Å². The molecular weight excluding hydrogens is 192 g/mol. The molecule has 0 radical (unpaired) electrons. The zero-order valence-corrected chi connectivity index (χ0v) is 9.99. The van der Waals surface area contributed by atoms with Gasteiger partial charge in [-0.1, -0.05) is 0 Å². The number of hydrogen-bond donors (Lipinski definition) is 2. The number of likely N-dealkylation sites (tertiary alicyclic amines) is 1. The molecule has 0 aromatic rings. The Labute approximate surface area is 91.6 Å². The first-order chi connectivity index (χ1) is 6.79. The predicted molar refractivity (Wildman–Crippen MR) is 59.6 cm³/mol. The smallest absolute Gasteiger partial charge is 0.435 e. The van der Waals surface area contributed by atoms with Gasteiger partial charge >= 0.3 is 6.09 Å². The van der Waals surface area contributed by atoms with E-state index in [-0.39, 0.29) is 16.1 Å². The molecular formula is C11H23N2O2+. The molecule has 1 aliphatic rings. The summed E-state index contributed by atoms with van der Waals surface area (Å²) in [5.74, 6) is 0. The number of carboxylic acid groups (broad SMARTS) is 1. The van der Waals surface area contributed by atoms with Crippen LogP contribution in [0.2, 0.25) is 0 Å². The van der Waals surface area contributed by atoms with Crippen LogP contribution in [0.4, 0.5) is 4.79 Å². The van der Waals surface area contributed by atoms with Gasteiger partial charge < -0.3 is 10.8 Å². The van der Waals surface area contributed by atoms with Gasteiger partial charge in [0.05, 0.1) is 12.6 Å². The van der Waals surface area contributed by atoms with Gasteiger partial charge in [0.2, 0.25) is 0 Å². The second-order valence-corrected chi connectivity index (χ2v) is 5.58. The lowest BCUT2D eigenvalue weighted by atomic mass is 10.0. The van der Waals surface area contributed by atoms with Crippen molar-refractivity contribution in [3.8, 4) is 0 Å². The fourth-order valence-corrected chi connectivity index (χ4v) is 2.44. The van der Waals surface area contributed by atoms with Gasteiger partial charge in [0.15, 0.2) is 0 Å². The first kappa shape index (κ1) is 12.5. The van der Waals surface area contributed by atoms with E-state index >= 15 is 0 Å². The molecule has 0 aromatic heterocycles. The minimum absolute atomic E-state index is 0.0165. The minimum Gasteiger partial charge on any atom is -0.435 e. The molecule has 0 saturated carbocycles. The second kappa shape index (κ2) is 4.10. The molecule has 1 heterocycles. The van der Waals surface area contributed by atoms with Crippen LogP contribution in [0.1, 0.15) is 40.0 Å². The Bertz CT molecular complexity index is 247. The highest BCUT2D eigenvalue weighted by atomic mass is 16.4. The van der Waals surface area contributed by atoms with Crippen LogP contribution in [-0.4, -0.2) is 40.4 Å². The summed E-state index contributed by atoms with van der Waals surface area (Å²) in [6.07, 6.45) is 2.21. The molecule has 1 amide bonds. The van der Waals surface area contributed by atoms with E-state index in [0.717, 1.165) is 19.3 Å². The number of carbonyl (C=O) groups is 1. The van der Waals surface area contributed by atoms with Gasteiger partial charge in [-0.2, -0.15) is 4.79 Å². The standard InChI is InChI=1S/C11H22N2O2/c1-11(2,3)13(10(14)15)7-5-4-6-9(12)8-13/h9H,4-8,12H2,1-3H3/p+1. The van der Waals surface area contributed by atoms with Crippen LogP contribution < -0.4 is 5.73 Å². The van der Waals surface area contributed by atoms with Crippen LogP contribution in [0, 0.1) is 0 Å². The Balaban J connectivity index is 3.03. The summed E-state index contributed by atoms with van der Waals surface area (Å²) in [6, 6.07) is 0.0165. The summed E-state index contributed by atoms with van der Waals surface area (Å²) >= 11 is 0. The van der Waals surface area contributed by atoms with Gasteiger partial charge in [0.25, 0.3) is 0 Å². The zero-order chi connectivity index (χ0) is 11.7. The van der Waals surface area contributed by atoms with E-state index in [2.05, 4.69) is 0 Å². The number of nitrogens with zero attached hydrogens (tertiary/aromatic N) is 1. The van der Waals surface area contributed by atoms with Crippen molar-refractivity contribution in [2.45, 2.75) is 51.6 Å². The fraction of sp³-hybridized carbons (Fsp3) is 0.909. The molecule has 1 fully saturated rings. The van der Waals surface area contributed by atoms with E-state index in [1.54, 1.807) is 0 Å². The highest BCUT2D eigenvalue weighted by Crippen LogP contribution is 2.29. The van der Waals surface area contributed by atoms with Gasteiger partial charge in [-0.3, -0.25) is 0 Å². The van der Waals surface area contributed by atoms with Crippen molar-refractivity contribution in [2.24, 2.45) is 5.73 Å². The lowest BCUT2D eigenvalue weighted by Gasteiger charge is -2.43. The highest BCUT2D eigenvalue weighted by Gasteiger charge is 2.49. The van der Waals surface area contributed by atoms with Crippen molar-refractivity contribution in [3.05, 3.63) is 0 Å². The lowest BCUT2D eigenvalue weighted by Crippen LogP contribution is -2.66. The third-order valence-corrected chi connectivity index (χ3v) is 3.56. The summed E-state index contributed by atoms with van der Waals surface area (Å²) in [4.78, 5) is 11.5. The van der Waals surface area contributed by atoms with E-state index < -0.39 is 6.09 Å². The van der Waals surface area contributed by atoms with Gasteiger partial charge in [-0.15, -0.1) is 0 Å². The number of nitrogens with two attached hydrogens (primary N) is 1. The molecule has 4 nitrogen and oxygen atoms in total. The van der Waals surface area contributed by atoms with E-state index in [0.29, 0.717) is 13.1 Å². The number of quaternary nitrogens is 1. The van der Waals surface area contributed by atoms with Crippen molar-refractivity contribution in [3.63, 3.8) is 0 Å². The fourth-order valence-electron chi connectivity index (χ4n) is 2.44. The van der Waals surface area contributed by atoms with Gasteiger partial charge in [-0.05, 0) is 40.0 Å². The molecule has 1 saturated heterocycles. The Morgan fingerprint density at radius 3 is 2.47 bits per heavy atom. The molecule has 0 aliphatic carbocycles. The maximum Gasteiger partial charge on any atom is 0.514 e. The van der Waals surface area contributed by atoms with Crippen molar-refractivity contribution < 1.29 is 14.4 Å². The molecule has 3 N–H and O–H groups in total. The topological polar surface area (TPSA) is 63.3 Å². The highest BCUT2D eigenvalue weighted by molar-refractivity contribution is 5.57. The Kier molecular flexibility index (Phi) is 3.41. The first-order valence-corrected chi connectivity index (χ1v) is 5.66. The normalized spacial score (nSPS) is 33.5. The van der Waals surface area contributed by atoms with E-state index in [9.17, 15) is 9.90 Å². The van der Waals surface area contributed by atoms with Crippen LogP contribution in [-0.2, 0) is 0 Å². The molecule has 2 atom stereocenters. The number of rotatable bonds is 0. The van der Waals surface area contributed by atoms with Crippen LogP contribution >= 0.6 is 0 Å². The Morgan fingerprint density at radius 1 is 1.40 bits per heavy atom. The lowest BCUT2D eigenvalue weighted by molar-refractivity contribution is -0.903. The average molecular weight is 215 g/mol. The maximum atomic E-state index is 11.5. The monoisotopic (exact) mass is 215 g/mol. The van der Waals surface area contributed by atoms with Gasteiger partial charge in [0.1, 0.15) is 12.1 Å². The molecule has 2 unspecified atom stereocenters. The maximum absolute atomic E-state index is 11.5. The van der Waals surface area contributed by atoms with E-state index in [4.69, 9.17) is 5.73 Å². The summed E-state index contributed by atoms with van der Waals surface area (Å²) < 4.78 is 0.105. The quantitative estimate of drug-likeness (QED) is 0.605. The summed E-state index contributed by atoms with van der Waals surface area (Å²) in [5.41, 5.74) is 5.68. The Morgan fingerprint density at radius 2 is 2.00 bits per heavy atom. The molecule has 0 bridgehead atoms. The Hall–Kier alpha value is -0.610. The van der Waals surface area contributed by atoms with Crippen LogP contribution in [0.25, 0.3) is 0 Å². The van der Waals surface area contributed by atoms with Crippen molar-refractivity contribution in [1.29, 1.82) is 0 Å². The van der Waals surface area contributed by atoms with Crippen molar-refractivity contribution in [1.82, 2.24) is 0 Å². The predicted octanol–water partition coefficient (Wildman–Crippen LogP) is 1.79. The molecule has 4 heteroatoms. The van der Waals surface area contributed by atoms with Crippen LogP contribution in [0.3, 0.4) is 0 Å². The first-order valence-electron chi connectivity index (χ1n) is 5.66. The summed E-state index contributed by atoms with van der Waals surface area (Å²) in [6.45, 7) is 7.21. The zero-order valence-electron chi connectivity index (χ0n) is 9.99. The molecule has 0 aromatic carbocycles.